The maximum Gasteiger partial charge on any atom is 0.137 e. The van der Waals surface area contributed by atoms with E-state index in [0.29, 0.717) is 23.8 Å². The van der Waals surface area contributed by atoms with Crippen molar-refractivity contribution in [2.24, 2.45) is 0 Å². The summed E-state index contributed by atoms with van der Waals surface area (Å²) >= 11 is 5.83. The zero-order valence-corrected chi connectivity index (χ0v) is 8.17. The summed E-state index contributed by atoms with van der Waals surface area (Å²) in [6.07, 6.45) is 0.422. The van der Waals surface area contributed by atoms with Crippen molar-refractivity contribution in [1.29, 1.82) is 0 Å². The summed E-state index contributed by atoms with van der Waals surface area (Å²) < 4.78 is 5.29. The molecule has 0 saturated carbocycles. The topological polar surface area (TPSA) is 26.3 Å². The molecule has 0 spiro atoms. The van der Waals surface area contributed by atoms with E-state index in [-0.39, 0.29) is 5.78 Å². The average molecular weight is 199 g/mol. The summed E-state index contributed by atoms with van der Waals surface area (Å²) in [5.41, 5.74) is 0. The summed E-state index contributed by atoms with van der Waals surface area (Å²) in [5.74, 6) is 0.748. The van der Waals surface area contributed by atoms with Crippen LogP contribution in [0.2, 0.25) is 5.02 Å². The molecule has 1 aromatic carbocycles. The van der Waals surface area contributed by atoms with E-state index >= 15 is 0 Å². The molecule has 1 rings (SSSR count). The van der Waals surface area contributed by atoms with Crippen molar-refractivity contribution >= 4 is 17.4 Å². The van der Waals surface area contributed by atoms with Gasteiger partial charge in [0.15, 0.2) is 0 Å². The van der Waals surface area contributed by atoms with Crippen LogP contribution in [0.5, 0.6) is 5.75 Å². The van der Waals surface area contributed by atoms with Gasteiger partial charge in [0.05, 0.1) is 11.6 Å². The Bertz CT molecular complexity index is 297. The number of halogens is 1. The van der Waals surface area contributed by atoms with Crippen LogP contribution in [-0.4, -0.2) is 12.4 Å². The van der Waals surface area contributed by atoms with Gasteiger partial charge in [-0.3, -0.25) is 4.79 Å². The number of para-hydroxylation sites is 1. The first-order valence-corrected chi connectivity index (χ1v) is 4.44. The number of hydrogen-bond donors (Lipinski definition) is 0. The number of Topliss-reactive ketones (excluding diaryl/α,β-unsaturated/α-hetero) is 1. The number of carbonyl (C=O) groups excluding carboxylic acids is 1. The smallest absolute Gasteiger partial charge is 0.137 e. The fourth-order valence-corrected chi connectivity index (χ4v) is 1.06. The lowest BCUT2D eigenvalue weighted by molar-refractivity contribution is -0.117. The third-order valence-electron chi connectivity index (χ3n) is 1.55. The van der Waals surface area contributed by atoms with Gasteiger partial charge in [0.25, 0.3) is 0 Å². The molecule has 0 aliphatic heterocycles. The fourth-order valence-electron chi connectivity index (χ4n) is 0.867. The number of hydrogen-bond acceptors (Lipinski definition) is 2. The molecule has 0 saturated heterocycles. The van der Waals surface area contributed by atoms with Crippen molar-refractivity contribution in [3.8, 4) is 5.75 Å². The fraction of sp³-hybridized carbons (Fsp3) is 0.300. The van der Waals surface area contributed by atoms with Crippen LogP contribution in [0.4, 0.5) is 0 Å². The molecule has 1 aromatic rings. The Morgan fingerprint density at radius 3 is 2.77 bits per heavy atom. The highest BCUT2D eigenvalue weighted by atomic mass is 35.5. The Morgan fingerprint density at radius 2 is 2.15 bits per heavy atom. The molecule has 13 heavy (non-hydrogen) atoms. The lowest BCUT2D eigenvalue weighted by Crippen LogP contribution is -2.02. The Hall–Kier alpha value is -1.02. The first kappa shape index (κ1) is 10.1. The average Bonchev–Trinajstić information content (AvgIpc) is 2.08. The molecule has 0 aromatic heterocycles. The van der Waals surface area contributed by atoms with E-state index in [1.165, 1.54) is 6.92 Å². The molecule has 3 heteroatoms. The van der Waals surface area contributed by atoms with Gasteiger partial charge in [0.2, 0.25) is 0 Å². The third-order valence-corrected chi connectivity index (χ3v) is 1.86. The lowest BCUT2D eigenvalue weighted by atomic mass is 10.3. The largest absolute Gasteiger partial charge is 0.492 e. The van der Waals surface area contributed by atoms with Crippen molar-refractivity contribution < 1.29 is 9.53 Å². The number of benzene rings is 1. The summed E-state index contributed by atoms with van der Waals surface area (Å²) in [6, 6.07) is 7.21. The van der Waals surface area contributed by atoms with E-state index in [4.69, 9.17) is 16.3 Å². The number of ketones is 1. The van der Waals surface area contributed by atoms with Gasteiger partial charge in [0.1, 0.15) is 11.5 Å². The highest BCUT2D eigenvalue weighted by molar-refractivity contribution is 6.32. The second kappa shape index (κ2) is 4.87. The molecule has 0 atom stereocenters. The molecular formula is C10H11ClO2. The maximum absolute atomic E-state index is 10.6. The monoisotopic (exact) mass is 198 g/mol. The predicted molar refractivity (Wildman–Crippen MR) is 52.2 cm³/mol. The molecule has 70 valence electrons. The highest BCUT2D eigenvalue weighted by Crippen LogP contribution is 2.22. The molecule has 2 nitrogen and oxygen atoms in total. The molecule has 0 bridgehead atoms. The first-order chi connectivity index (χ1) is 6.20. The summed E-state index contributed by atoms with van der Waals surface area (Å²) in [7, 11) is 0. The van der Waals surface area contributed by atoms with Gasteiger partial charge in [0, 0.05) is 6.42 Å². The highest BCUT2D eigenvalue weighted by Gasteiger charge is 1.99. The quantitative estimate of drug-likeness (QED) is 0.744. The minimum Gasteiger partial charge on any atom is -0.492 e. The van der Waals surface area contributed by atoms with Gasteiger partial charge in [-0.2, -0.15) is 0 Å². The van der Waals surface area contributed by atoms with Crippen molar-refractivity contribution in [1.82, 2.24) is 0 Å². The molecule has 0 N–H and O–H groups in total. The normalized spacial score (nSPS) is 9.69. The van der Waals surface area contributed by atoms with Crippen molar-refractivity contribution in [3.63, 3.8) is 0 Å². The lowest BCUT2D eigenvalue weighted by Gasteiger charge is -2.05. The number of carbonyl (C=O) groups is 1. The Labute approximate surface area is 82.5 Å². The second-order valence-corrected chi connectivity index (χ2v) is 3.14. The van der Waals surface area contributed by atoms with Gasteiger partial charge in [-0.1, -0.05) is 23.7 Å². The van der Waals surface area contributed by atoms with Gasteiger partial charge in [-0.25, -0.2) is 0 Å². The van der Waals surface area contributed by atoms with Crippen LogP contribution in [0.25, 0.3) is 0 Å². The van der Waals surface area contributed by atoms with Gasteiger partial charge in [-0.15, -0.1) is 0 Å². The van der Waals surface area contributed by atoms with Gasteiger partial charge < -0.3 is 4.74 Å². The zero-order chi connectivity index (χ0) is 9.68. The van der Waals surface area contributed by atoms with E-state index in [1.54, 1.807) is 12.1 Å². The van der Waals surface area contributed by atoms with E-state index in [0.717, 1.165) is 0 Å². The zero-order valence-electron chi connectivity index (χ0n) is 7.42. The van der Waals surface area contributed by atoms with Crippen molar-refractivity contribution in [3.05, 3.63) is 29.3 Å². The second-order valence-electron chi connectivity index (χ2n) is 2.73. The van der Waals surface area contributed by atoms with Crippen molar-refractivity contribution in [2.45, 2.75) is 13.3 Å². The Balaban J connectivity index is 2.45. The van der Waals surface area contributed by atoms with Crippen LogP contribution in [0.15, 0.2) is 24.3 Å². The maximum atomic E-state index is 10.6. The Kier molecular flexibility index (Phi) is 3.77. The van der Waals surface area contributed by atoms with Crippen LogP contribution in [0.3, 0.4) is 0 Å². The number of ether oxygens (including phenoxy) is 1. The molecule has 0 fully saturated rings. The molecule has 0 radical (unpaired) electrons. The molecule has 0 aliphatic carbocycles. The predicted octanol–water partition coefficient (Wildman–Crippen LogP) is 2.70. The molecule has 0 aliphatic rings. The molecule has 0 amide bonds. The van der Waals surface area contributed by atoms with Crippen LogP contribution in [-0.2, 0) is 4.79 Å². The van der Waals surface area contributed by atoms with E-state index in [1.807, 2.05) is 12.1 Å². The first-order valence-electron chi connectivity index (χ1n) is 4.07. The SMILES string of the molecule is CC(=O)CCOc1ccccc1Cl. The van der Waals surface area contributed by atoms with Gasteiger partial charge in [-0.05, 0) is 19.1 Å². The van der Waals surface area contributed by atoms with E-state index in [2.05, 4.69) is 0 Å². The van der Waals surface area contributed by atoms with Gasteiger partial charge >= 0.3 is 0 Å². The summed E-state index contributed by atoms with van der Waals surface area (Å²) in [6.45, 7) is 1.93. The number of rotatable bonds is 4. The van der Waals surface area contributed by atoms with Crippen LogP contribution >= 0.6 is 11.6 Å². The Morgan fingerprint density at radius 1 is 1.46 bits per heavy atom. The summed E-state index contributed by atoms with van der Waals surface area (Å²) in [5, 5.41) is 0.575. The molecule has 0 heterocycles. The molecule has 0 unspecified atom stereocenters. The minimum atomic E-state index is 0.118. The van der Waals surface area contributed by atoms with Crippen molar-refractivity contribution in [2.75, 3.05) is 6.61 Å². The molecular weight excluding hydrogens is 188 g/mol. The summed E-state index contributed by atoms with van der Waals surface area (Å²) in [4.78, 5) is 10.6. The third kappa shape index (κ3) is 3.47. The standard InChI is InChI=1S/C10H11ClO2/c1-8(12)6-7-13-10-5-3-2-4-9(10)11/h2-5H,6-7H2,1H3. The van der Waals surface area contributed by atoms with E-state index < -0.39 is 0 Å². The van der Waals surface area contributed by atoms with Crippen LogP contribution in [0, 0.1) is 0 Å². The van der Waals surface area contributed by atoms with E-state index in [9.17, 15) is 4.79 Å². The van der Waals surface area contributed by atoms with Crippen LogP contribution < -0.4 is 4.74 Å². The van der Waals surface area contributed by atoms with Crippen LogP contribution in [0.1, 0.15) is 13.3 Å². The minimum absolute atomic E-state index is 0.118.